The number of carbonyl (C=O) groups excluding carboxylic acids is 1. The number of hydrogen-bond acceptors (Lipinski definition) is 5. The molecule has 1 amide bonds. The molecule has 0 bridgehead atoms. The molecule has 2 heterocycles. The smallest absolute Gasteiger partial charge is 0.433 e. The van der Waals surface area contributed by atoms with E-state index in [2.05, 4.69) is 10.1 Å². The molecule has 0 unspecified atom stereocenters. The third kappa shape index (κ3) is 4.71. The zero-order valence-electron chi connectivity index (χ0n) is 17.3. The minimum atomic E-state index is -5.01. The molecule has 0 saturated carbocycles. The van der Waals surface area contributed by atoms with Crippen LogP contribution in [-0.2, 0) is 19.4 Å². The van der Waals surface area contributed by atoms with Gasteiger partial charge in [-0.3, -0.25) is 14.5 Å². The summed E-state index contributed by atoms with van der Waals surface area (Å²) in [6, 6.07) is 5.68. The van der Waals surface area contributed by atoms with Gasteiger partial charge in [0.25, 0.3) is 5.91 Å². The van der Waals surface area contributed by atoms with Crippen molar-refractivity contribution in [1.29, 1.82) is 0 Å². The van der Waals surface area contributed by atoms with Crippen molar-refractivity contribution in [1.82, 2.24) is 14.8 Å². The zero-order chi connectivity index (χ0) is 24.6. The molecule has 3 aromatic rings. The van der Waals surface area contributed by atoms with E-state index in [-0.39, 0.29) is 17.1 Å². The van der Waals surface area contributed by atoms with Crippen molar-refractivity contribution < 1.29 is 40.6 Å². The number of aromatic nitrogens is 3. The van der Waals surface area contributed by atoms with Crippen LogP contribution in [0.3, 0.4) is 0 Å². The molecule has 176 valence electrons. The standard InChI is InChI=1S/C20H16F6N4O3/c1-30-17(28-18(31)10-7-8-27-13(9-10)19(21,22)23)15(20(24,25)26)16(29-30)14-11(32-2)5-4-6-12(14)33-3/h4-9H,1-3H3,(H,28,31). The van der Waals surface area contributed by atoms with Gasteiger partial charge in [0.1, 0.15) is 34.3 Å². The number of halogens is 6. The number of rotatable bonds is 5. The summed E-state index contributed by atoms with van der Waals surface area (Å²) in [7, 11) is 3.64. The van der Waals surface area contributed by atoms with Gasteiger partial charge in [0.05, 0.1) is 19.8 Å². The highest BCUT2D eigenvalue weighted by atomic mass is 19.4. The Morgan fingerprint density at radius 2 is 1.61 bits per heavy atom. The molecule has 2 aromatic heterocycles. The maximum atomic E-state index is 14.1. The lowest BCUT2D eigenvalue weighted by atomic mass is 10.0. The van der Waals surface area contributed by atoms with Gasteiger partial charge in [0.2, 0.25) is 0 Å². The Morgan fingerprint density at radius 1 is 1.00 bits per heavy atom. The number of carbonyl (C=O) groups is 1. The minimum Gasteiger partial charge on any atom is -0.496 e. The summed E-state index contributed by atoms with van der Waals surface area (Å²) in [4.78, 5) is 15.7. The van der Waals surface area contributed by atoms with Gasteiger partial charge in [-0.2, -0.15) is 31.4 Å². The van der Waals surface area contributed by atoms with E-state index in [0.717, 1.165) is 24.0 Å². The Bertz CT molecular complexity index is 1170. The number of aryl methyl sites for hydroxylation is 1. The predicted octanol–water partition coefficient (Wildman–Crippen LogP) is 4.79. The average Bonchev–Trinajstić information content (AvgIpc) is 3.08. The highest BCUT2D eigenvalue weighted by Crippen LogP contribution is 2.47. The summed E-state index contributed by atoms with van der Waals surface area (Å²) in [6.07, 6.45) is -9.11. The quantitative estimate of drug-likeness (QED) is 0.538. The Balaban J connectivity index is 2.15. The lowest BCUT2D eigenvalue weighted by Gasteiger charge is -2.15. The third-order valence-corrected chi connectivity index (χ3v) is 4.54. The van der Waals surface area contributed by atoms with E-state index in [4.69, 9.17) is 9.47 Å². The zero-order valence-corrected chi connectivity index (χ0v) is 17.3. The molecule has 1 N–H and O–H groups in total. The van der Waals surface area contributed by atoms with Crippen molar-refractivity contribution >= 4 is 11.7 Å². The third-order valence-electron chi connectivity index (χ3n) is 4.54. The van der Waals surface area contributed by atoms with E-state index in [1.54, 1.807) is 0 Å². The number of methoxy groups -OCH3 is 2. The molecule has 0 fully saturated rings. The van der Waals surface area contributed by atoms with Gasteiger partial charge in [0.15, 0.2) is 0 Å². The van der Waals surface area contributed by atoms with E-state index in [1.165, 1.54) is 32.4 Å². The first-order valence-corrected chi connectivity index (χ1v) is 9.08. The van der Waals surface area contributed by atoms with Crippen molar-refractivity contribution in [3.8, 4) is 22.8 Å². The maximum absolute atomic E-state index is 14.1. The minimum absolute atomic E-state index is 0.0276. The highest BCUT2D eigenvalue weighted by Gasteiger charge is 2.42. The number of nitrogens with one attached hydrogen (secondary N) is 1. The predicted molar refractivity (Wildman–Crippen MR) is 104 cm³/mol. The normalized spacial score (nSPS) is 11.9. The van der Waals surface area contributed by atoms with Crippen molar-refractivity contribution in [3.05, 3.63) is 53.3 Å². The van der Waals surface area contributed by atoms with E-state index in [1.807, 2.05) is 5.32 Å². The molecule has 0 atom stereocenters. The Kier molecular flexibility index (Phi) is 6.25. The molecular weight excluding hydrogens is 458 g/mol. The first-order chi connectivity index (χ1) is 15.4. The van der Waals surface area contributed by atoms with Crippen LogP contribution < -0.4 is 14.8 Å². The molecule has 3 rings (SSSR count). The summed E-state index contributed by atoms with van der Waals surface area (Å²) in [6.45, 7) is 0. The number of ether oxygens (including phenoxy) is 2. The van der Waals surface area contributed by atoms with Gasteiger partial charge >= 0.3 is 12.4 Å². The van der Waals surface area contributed by atoms with Crippen LogP contribution in [-0.4, -0.2) is 34.9 Å². The summed E-state index contributed by atoms with van der Waals surface area (Å²) in [5, 5.41) is 5.91. The molecule has 0 spiro atoms. The van der Waals surface area contributed by atoms with Crippen LogP contribution in [0.25, 0.3) is 11.3 Å². The lowest BCUT2D eigenvalue weighted by molar-refractivity contribution is -0.141. The number of anilines is 1. The van der Waals surface area contributed by atoms with Crippen LogP contribution in [0.4, 0.5) is 32.2 Å². The van der Waals surface area contributed by atoms with Gasteiger partial charge in [-0.1, -0.05) is 6.07 Å². The fourth-order valence-electron chi connectivity index (χ4n) is 3.10. The van der Waals surface area contributed by atoms with Gasteiger partial charge in [-0.25, -0.2) is 0 Å². The van der Waals surface area contributed by atoms with Crippen LogP contribution in [0, 0.1) is 0 Å². The Hall–Kier alpha value is -3.77. The maximum Gasteiger partial charge on any atom is 0.433 e. The van der Waals surface area contributed by atoms with E-state index < -0.39 is 46.6 Å². The highest BCUT2D eigenvalue weighted by molar-refractivity contribution is 6.04. The molecule has 0 saturated heterocycles. The molecule has 0 aliphatic carbocycles. The Labute approximate surface area is 182 Å². The van der Waals surface area contributed by atoms with Crippen LogP contribution in [0.5, 0.6) is 11.5 Å². The van der Waals surface area contributed by atoms with E-state index >= 15 is 0 Å². The van der Waals surface area contributed by atoms with Crippen LogP contribution in [0.2, 0.25) is 0 Å². The molecule has 7 nitrogen and oxygen atoms in total. The second-order valence-corrected chi connectivity index (χ2v) is 6.61. The van der Waals surface area contributed by atoms with Gasteiger partial charge in [-0.05, 0) is 24.3 Å². The van der Waals surface area contributed by atoms with Crippen molar-refractivity contribution in [3.63, 3.8) is 0 Å². The first-order valence-electron chi connectivity index (χ1n) is 9.08. The molecule has 33 heavy (non-hydrogen) atoms. The second kappa shape index (κ2) is 8.64. The fraction of sp³-hybridized carbons (Fsp3) is 0.250. The summed E-state index contributed by atoms with van der Waals surface area (Å²) in [5.74, 6) is -1.93. The number of alkyl halides is 6. The number of amides is 1. The first kappa shape index (κ1) is 23.9. The molecular formula is C20H16F6N4O3. The van der Waals surface area contributed by atoms with Gasteiger partial charge in [0, 0.05) is 18.8 Å². The van der Waals surface area contributed by atoms with Crippen molar-refractivity contribution in [2.45, 2.75) is 12.4 Å². The van der Waals surface area contributed by atoms with Crippen LogP contribution in [0.15, 0.2) is 36.5 Å². The number of pyridine rings is 1. The number of benzene rings is 1. The summed E-state index contributed by atoms with van der Waals surface area (Å²) in [5.41, 5.74) is -3.94. The summed E-state index contributed by atoms with van der Waals surface area (Å²) < 4.78 is 92.1. The molecule has 0 aliphatic heterocycles. The van der Waals surface area contributed by atoms with Crippen LogP contribution in [0.1, 0.15) is 21.6 Å². The SMILES string of the molecule is COc1cccc(OC)c1-c1nn(C)c(NC(=O)c2ccnc(C(F)(F)F)c2)c1C(F)(F)F. The molecule has 0 aliphatic rings. The second-order valence-electron chi connectivity index (χ2n) is 6.61. The number of hydrogen-bond donors (Lipinski definition) is 1. The topological polar surface area (TPSA) is 78.3 Å². The molecule has 13 heteroatoms. The molecule has 1 aromatic carbocycles. The number of nitrogens with zero attached hydrogens (tertiary/aromatic N) is 3. The van der Waals surface area contributed by atoms with Gasteiger partial charge < -0.3 is 14.8 Å². The monoisotopic (exact) mass is 474 g/mol. The van der Waals surface area contributed by atoms with Gasteiger partial charge in [-0.15, -0.1) is 0 Å². The lowest BCUT2D eigenvalue weighted by Crippen LogP contribution is -2.19. The largest absolute Gasteiger partial charge is 0.496 e. The van der Waals surface area contributed by atoms with Crippen molar-refractivity contribution in [2.75, 3.05) is 19.5 Å². The summed E-state index contributed by atoms with van der Waals surface area (Å²) >= 11 is 0. The average molecular weight is 474 g/mol. The Morgan fingerprint density at radius 3 is 2.12 bits per heavy atom. The fourth-order valence-corrected chi connectivity index (χ4v) is 3.10. The van der Waals surface area contributed by atoms with E-state index in [0.29, 0.717) is 6.07 Å². The van der Waals surface area contributed by atoms with Crippen molar-refractivity contribution in [2.24, 2.45) is 7.05 Å². The van der Waals surface area contributed by atoms with Crippen LogP contribution >= 0.6 is 0 Å². The van der Waals surface area contributed by atoms with E-state index in [9.17, 15) is 31.1 Å². The molecule has 0 radical (unpaired) electrons.